The number of ether oxygens (including phenoxy) is 3. The first-order valence-corrected chi connectivity index (χ1v) is 12.7. The third-order valence-corrected chi connectivity index (χ3v) is 8.44. The molecule has 6 heteroatoms. The standard InChI is InChI=1S/C28H38N2O4/c1-5-17-16-30-9-7-19-12-26(32-2)25(31)14-22(19)24(30)11-20(17)10-23-21-15-28(34-4)27(33-3)13-18(21)6-8-29-23/h12-15,17,20,23-24,29,31H,5-11,16H2,1-4H3/t17?,20?,23-,24-/m1/s1. The summed E-state index contributed by atoms with van der Waals surface area (Å²) < 4.78 is 16.6. The van der Waals surface area contributed by atoms with Gasteiger partial charge in [-0.2, -0.15) is 0 Å². The third-order valence-electron chi connectivity index (χ3n) is 8.44. The number of phenolic OH excluding ortho intramolecular Hbond substituents is 1. The lowest BCUT2D eigenvalue weighted by Crippen LogP contribution is -2.46. The van der Waals surface area contributed by atoms with Crippen molar-refractivity contribution in [2.75, 3.05) is 41.0 Å². The molecule has 2 N–H and O–H groups in total. The summed E-state index contributed by atoms with van der Waals surface area (Å²) in [6.45, 7) is 5.53. The van der Waals surface area contributed by atoms with Gasteiger partial charge in [-0.05, 0) is 90.6 Å². The molecule has 3 aliphatic rings. The molecule has 0 amide bonds. The average molecular weight is 467 g/mol. The Balaban J connectivity index is 1.42. The number of aromatic hydroxyl groups is 1. The van der Waals surface area contributed by atoms with E-state index in [1.807, 2.05) is 12.1 Å². The van der Waals surface area contributed by atoms with Crippen molar-refractivity contribution in [3.05, 3.63) is 46.5 Å². The Morgan fingerprint density at radius 1 is 0.912 bits per heavy atom. The van der Waals surface area contributed by atoms with E-state index in [2.05, 4.69) is 29.3 Å². The fraction of sp³-hybridized carbons (Fsp3) is 0.571. The number of nitrogens with one attached hydrogen (secondary N) is 1. The zero-order valence-electron chi connectivity index (χ0n) is 20.9. The second kappa shape index (κ2) is 9.67. The molecule has 3 aliphatic heterocycles. The van der Waals surface area contributed by atoms with Crippen molar-refractivity contribution in [1.82, 2.24) is 10.2 Å². The van der Waals surface area contributed by atoms with E-state index >= 15 is 0 Å². The predicted octanol–water partition coefficient (Wildman–Crippen LogP) is 4.64. The van der Waals surface area contributed by atoms with E-state index in [1.54, 1.807) is 21.3 Å². The minimum atomic E-state index is 0.251. The Labute approximate surface area is 203 Å². The summed E-state index contributed by atoms with van der Waals surface area (Å²) in [7, 11) is 5.04. The lowest BCUT2D eigenvalue weighted by Gasteiger charge is -2.48. The second-order valence-electron chi connectivity index (χ2n) is 10.0. The average Bonchev–Trinajstić information content (AvgIpc) is 2.87. The molecule has 0 aromatic heterocycles. The van der Waals surface area contributed by atoms with Crippen molar-refractivity contribution < 1.29 is 19.3 Å². The van der Waals surface area contributed by atoms with Crippen LogP contribution in [0.25, 0.3) is 0 Å². The summed E-state index contributed by atoms with van der Waals surface area (Å²) in [5, 5.41) is 14.3. The molecule has 0 radical (unpaired) electrons. The number of hydrogen-bond acceptors (Lipinski definition) is 6. The van der Waals surface area contributed by atoms with Gasteiger partial charge in [-0.1, -0.05) is 13.3 Å². The van der Waals surface area contributed by atoms with Gasteiger partial charge in [-0.3, -0.25) is 4.90 Å². The molecule has 4 atom stereocenters. The molecular weight excluding hydrogens is 428 g/mol. The number of nitrogens with zero attached hydrogens (tertiary/aromatic N) is 1. The Hall–Kier alpha value is -2.44. The Morgan fingerprint density at radius 2 is 1.62 bits per heavy atom. The molecule has 34 heavy (non-hydrogen) atoms. The van der Waals surface area contributed by atoms with Crippen LogP contribution >= 0.6 is 0 Å². The van der Waals surface area contributed by atoms with Gasteiger partial charge in [-0.15, -0.1) is 0 Å². The normalized spacial score (nSPS) is 26.2. The van der Waals surface area contributed by atoms with Crippen LogP contribution in [0.3, 0.4) is 0 Å². The highest BCUT2D eigenvalue weighted by Crippen LogP contribution is 2.47. The third kappa shape index (κ3) is 4.11. The van der Waals surface area contributed by atoms with E-state index in [0.29, 0.717) is 29.7 Å². The van der Waals surface area contributed by atoms with Crippen LogP contribution in [0, 0.1) is 11.8 Å². The first kappa shape index (κ1) is 23.3. The van der Waals surface area contributed by atoms with Crippen molar-refractivity contribution in [2.45, 2.75) is 51.1 Å². The highest BCUT2D eigenvalue weighted by molar-refractivity contribution is 5.50. The molecule has 0 aliphatic carbocycles. The van der Waals surface area contributed by atoms with Crippen molar-refractivity contribution in [1.29, 1.82) is 0 Å². The van der Waals surface area contributed by atoms with Gasteiger partial charge >= 0.3 is 0 Å². The van der Waals surface area contributed by atoms with Crippen molar-refractivity contribution in [3.63, 3.8) is 0 Å². The summed E-state index contributed by atoms with van der Waals surface area (Å²) >= 11 is 0. The molecule has 3 heterocycles. The lowest BCUT2D eigenvalue weighted by molar-refractivity contribution is 0.0434. The molecule has 6 nitrogen and oxygen atoms in total. The summed E-state index contributed by atoms with van der Waals surface area (Å²) in [4.78, 5) is 2.65. The van der Waals surface area contributed by atoms with E-state index in [4.69, 9.17) is 14.2 Å². The summed E-state index contributed by atoms with van der Waals surface area (Å²) in [6.07, 6.45) is 5.46. The van der Waals surface area contributed by atoms with Crippen LogP contribution < -0.4 is 19.5 Å². The number of fused-ring (bicyclic) bond motifs is 4. The number of piperidine rings is 1. The SMILES string of the molecule is CCC1CN2CCc3cc(OC)c(O)cc3[C@H]2CC1C[C@H]1NCCc2cc(OC)c(OC)cc21. The number of hydrogen-bond donors (Lipinski definition) is 2. The largest absolute Gasteiger partial charge is 0.504 e. The van der Waals surface area contributed by atoms with Crippen molar-refractivity contribution >= 4 is 0 Å². The zero-order valence-corrected chi connectivity index (χ0v) is 20.9. The Bertz CT molecular complexity index is 1040. The summed E-state index contributed by atoms with van der Waals surface area (Å²) in [5.74, 6) is 3.74. The maximum absolute atomic E-state index is 10.5. The van der Waals surface area contributed by atoms with Crippen LogP contribution in [0.5, 0.6) is 23.0 Å². The molecule has 2 aromatic carbocycles. The van der Waals surface area contributed by atoms with Crippen LogP contribution in [-0.2, 0) is 12.8 Å². The molecule has 5 rings (SSSR count). The molecule has 184 valence electrons. The van der Waals surface area contributed by atoms with E-state index in [9.17, 15) is 5.11 Å². The fourth-order valence-corrected chi connectivity index (χ4v) is 6.59. The molecule has 1 fully saturated rings. The molecular formula is C28H38N2O4. The summed E-state index contributed by atoms with van der Waals surface area (Å²) in [6, 6.07) is 9.03. The molecule has 0 saturated carbocycles. The van der Waals surface area contributed by atoms with E-state index < -0.39 is 0 Å². The highest BCUT2D eigenvalue weighted by atomic mass is 16.5. The van der Waals surface area contributed by atoms with Crippen molar-refractivity contribution in [3.8, 4) is 23.0 Å². The van der Waals surface area contributed by atoms with Crippen LogP contribution in [0.2, 0.25) is 0 Å². The lowest BCUT2D eigenvalue weighted by atomic mass is 9.72. The van der Waals surface area contributed by atoms with Gasteiger partial charge in [0.05, 0.1) is 21.3 Å². The van der Waals surface area contributed by atoms with Crippen LogP contribution in [0.4, 0.5) is 0 Å². The van der Waals surface area contributed by atoms with Crippen LogP contribution in [0.1, 0.15) is 60.5 Å². The van der Waals surface area contributed by atoms with Gasteiger partial charge in [0.15, 0.2) is 23.0 Å². The number of benzene rings is 2. The Morgan fingerprint density at radius 3 is 2.35 bits per heavy atom. The topological polar surface area (TPSA) is 63.2 Å². The van der Waals surface area contributed by atoms with E-state index in [-0.39, 0.29) is 5.75 Å². The van der Waals surface area contributed by atoms with Gasteiger partial charge in [0, 0.05) is 25.2 Å². The maximum Gasteiger partial charge on any atom is 0.161 e. The quantitative estimate of drug-likeness (QED) is 0.647. The molecule has 0 spiro atoms. The first-order chi connectivity index (χ1) is 16.6. The van der Waals surface area contributed by atoms with Crippen LogP contribution in [0.15, 0.2) is 24.3 Å². The second-order valence-corrected chi connectivity index (χ2v) is 10.0. The zero-order chi connectivity index (χ0) is 23.8. The molecule has 0 bridgehead atoms. The van der Waals surface area contributed by atoms with Crippen molar-refractivity contribution in [2.24, 2.45) is 11.8 Å². The number of methoxy groups -OCH3 is 3. The smallest absolute Gasteiger partial charge is 0.161 e. The number of phenols is 1. The number of rotatable bonds is 6. The van der Waals surface area contributed by atoms with Gasteiger partial charge in [0.2, 0.25) is 0 Å². The highest BCUT2D eigenvalue weighted by Gasteiger charge is 2.40. The van der Waals surface area contributed by atoms with E-state index in [0.717, 1.165) is 56.8 Å². The Kier molecular flexibility index (Phi) is 6.63. The maximum atomic E-state index is 10.5. The predicted molar refractivity (Wildman–Crippen MR) is 133 cm³/mol. The fourth-order valence-electron chi connectivity index (χ4n) is 6.59. The minimum absolute atomic E-state index is 0.251. The van der Waals surface area contributed by atoms with Gasteiger partial charge in [-0.25, -0.2) is 0 Å². The van der Waals surface area contributed by atoms with Crippen LogP contribution in [-0.4, -0.2) is 51.0 Å². The minimum Gasteiger partial charge on any atom is -0.504 e. The first-order valence-electron chi connectivity index (χ1n) is 12.7. The molecule has 2 aromatic rings. The van der Waals surface area contributed by atoms with Gasteiger partial charge in [0.1, 0.15) is 0 Å². The monoisotopic (exact) mass is 466 g/mol. The van der Waals surface area contributed by atoms with E-state index in [1.165, 1.54) is 28.7 Å². The molecule has 1 saturated heterocycles. The van der Waals surface area contributed by atoms with Gasteiger partial charge < -0.3 is 24.6 Å². The molecule has 2 unspecified atom stereocenters. The summed E-state index contributed by atoms with van der Waals surface area (Å²) in [5.41, 5.74) is 5.33. The van der Waals surface area contributed by atoms with Gasteiger partial charge in [0.25, 0.3) is 0 Å².